The fraction of sp³-hybridized carbons (Fsp3) is 0.182. The summed E-state index contributed by atoms with van der Waals surface area (Å²) in [5.74, 6) is -0.492. The van der Waals surface area contributed by atoms with Gasteiger partial charge < -0.3 is 15.2 Å². The van der Waals surface area contributed by atoms with Gasteiger partial charge in [0.25, 0.3) is 5.91 Å². The van der Waals surface area contributed by atoms with Crippen LogP contribution in [0.1, 0.15) is 35.3 Å². The average Bonchev–Trinajstić information content (AvgIpc) is 3.20. The minimum atomic E-state index is -1.16. The zero-order chi connectivity index (χ0) is 22.0. The Morgan fingerprint density at radius 3 is 2.74 bits per heavy atom. The molecule has 0 aliphatic carbocycles. The summed E-state index contributed by atoms with van der Waals surface area (Å²) in [6.07, 6.45) is 1.50. The van der Waals surface area contributed by atoms with Crippen LogP contribution in [-0.2, 0) is 12.1 Å². The van der Waals surface area contributed by atoms with E-state index in [9.17, 15) is 14.3 Å². The first-order valence-electron chi connectivity index (χ1n) is 9.46. The van der Waals surface area contributed by atoms with Crippen LogP contribution in [0.3, 0.4) is 0 Å². The van der Waals surface area contributed by atoms with Gasteiger partial charge in [-0.25, -0.2) is 14.0 Å². The smallest absolute Gasteiger partial charge is 0.257 e. The maximum atomic E-state index is 14.4. The Bertz CT molecular complexity index is 1250. The Balaban J connectivity index is 1.49. The lowest BCUT2D eigenvalue weighted by Gasteiger charge is -2.18. The molecule has 8 nitrogen and oxygen atoms in total. The van der Waals surface area contributed by atoms with E-state index < -0.39 is 17.3 Å². The molecule has 2 aromatic heterocycles. The molecule has 0 atom stereocenters. The second kappa shape index (κ2) is 8.11. The highest BCUT2D eigenvalue weighted by molar-refractivity contribution is 5.96. The Labute approximate surface area is 176 Å². The van der Waals surface area contributed by atoms with Gasteiger partial charge in [0.1, 0.15) is 28.2 Å². The number of carbonyl (C=O) groups is 1. The lowest BCUT2D eigenvalue weighted by atomic mass is 9.97. The highest BCUT2D eigenvalue weighted by atomic mass is 19.1. The molecular weight excluding hydrogens is 403 g/mol. The second-order valence-corrected chi connectivity index (χ2v) is 7.42. The van der Waals surface area contributed by atoms with Crippen LogP contribution in [0.2, 0.25) is 0 Å². The number of nitrogens with one attached hydrogen (secondary N) is 1. The van der Waals surface area contributed by atoms with Crippen LogP contribution in [0.4, 0.5) is 4.39 Å². The molecule has 0 unspecified atom stereocenters. The molecule has 0 aliphatic rings. The summed E-state index contributed by atoms with van der Waals surface area (Å²) in [7, 11) is 0. The van der Waals surface area contributed by atoms with Crippen LogP contribution < -0.4 is 10.1 Å². The molecule has 2 N–H and O–H groups in total. The molecule has 2 aromatic carbocycles. The number of halogens is 1. The fourth-order valence-electron chi connectivity index (χ4n) is 2.92. The quantitative estimate of drug-likeness (QED) is 0.487. The molecule has 4 rings (SSSR count). The van der Waals surface area contributed by atoms with E-state index in [1.54, 1.807) is 50.2 Å². The number of hydrogen-bond acceptors (Lipinski definition) is 7. The molecule has 1 amide bonds. The van der Waals surface area contributed by atoms with Crippen molar-refractivity contribution in [2.45, 2.75) is 26.0 Å². The van der Waals surface area contributed by atoms with Crippen LogP contribution >= 0.6 is 0 Å². The monoisotopic (exact) mass is 422 g/mol. The minimum absolute atomic E-state index is 0.0400. The van der Waals surface area contributed by atoms with Crippen molar-refractivity contribution in [3.05, 3.63) is 77.2 Å². The molecule has 31 heavy (non-hydrogen) atoms. The third-order valence-electron chi connectivity index (χ3n) is 4.65. The van der Waals surface area contributed by atoms with E-state index >= 15 is 0 Å². The topological polar surface area (TPSA) is 110 Å². The summed E-state index contributed by atoms with van der Waals surface area (Å²) in [5.41, 5.74) is 0.845. The minimum Gasteiger partial charge on any atom is -0.438 e. The van der Waals surface area contributed by atoms with E-state index in [1.165, 1.54) is 18.3 Å². The number of aliphatic hydroxyl groups is 1. The van der Waals surface area contributed by atoms with Crippen molar-refractivity contribution in [3.63, 3.8) is 0 Å². The number of aromatic nitrogens is 3. The van der Waals surface area contributed by atoms with Crippen LogP contribution in [0.5, 0.6) is 11.6 Å². The normalized spacial score (nSPS) is 11.5. The molecule has 0 fully saturated rings. The molecule has 9 heteroatoms. The first-order chi connectivity index (χ1) is 14.8. The molecule has 0 bridgehead atoms. The fourth-order valence-corrected chi connectivity index (χ4v) is 2.92. The third kappa shape index (κ3) is 4.51. The van der Waals surface area contributed by atoms with Crippen LogP contribution in [0.15, 0.2) is 59.4 Å². The maximum Gasteiger partial charge on any atom is 0.257 e. The van der Waals surface area contributed by atoms with E-state index in [4.69, 9.17) is 4.74 Å². The predicted molar refractivity (Wildman–Crippen MR) is 109 cm³/mol. The van der Waals surface area contributed by atoms with Crippen molar-refractivity contribution in [3.8, 4) is 11.6 Å². The Kier molecular flexibility index (Phi) is 5.35. The maximum absolute atomic E-state index is 14.4. The number of carbonyl (C=O) groups excluding carboxylic acids is 1. The number of hydrogen-bond donors (Lipinski definition) is 2. The molecule has 0 spiro atoms. The van der Waals surface area contributed by atoms with Gasteiger partial charge in [0.05, 0.1) is 5.60 Å². The van der Waals surface area contributed by atoms with Crippen molar-refractivity contribution in [1.29, 1.82) is 0 Å². The third-order valence-corrected chi connectivity index (χ3v) is 4.65. The molecule has 0 saturated heterocycles. The number of ether oxygens (including phenoxy) is 1. The summed E-state index contributed by atoms with van der Waals surface area (Å²) in [4.78, 5) is 16.8. The first-order valence-corrected chi connectivity index (χ1v) is 9.46. The Morgan fingerprint density at radius 1 is 1.16 bits per heavy atom. The van der Waals surface area contributed by atoms with Gasteiger partial charge in [-0.15, -0.1) is 0 Å². The number of rotatable bonds is 6. The van der Waals surface area contributed by atoms with Crippen LogP contribution in [0.25, 0.3) is 11.0 Å². The molecule has 0 aliphatic heterocycles. The molecule has 0 radical (unpaired) electrons. The van der Waals surface area contributed by atoms with Gasteiger partial charge >= 0.3 is 0 Å². The predicted octanol–water partition coefficient (Wildman–Crippen LogP) is 3.71. The molecular formula is C22H19FN4O4. The molecule has 158 valence electrons. The lowest BCUT2D eigenvalue weighted by molar-refractivity contribution is 0.0781. The van der Waals surface area contributed by atoms with Crippen molar-refractivity contribution in [2.24, 2.45) is 0 Å². The van der Waals surface area contributed by atoms with E-state index in [0.717, 1.165) is 0 Å². The van der Waals surface area contributed by atoms with E-state index in [1.807, 2.05) is 0 Å². The summed E-state index contributed by atoms with van der Waals surface area (Å²) in [6.45, 7) is 3.11. The summed E-state index contributed by atoms with van der Waals surface area (Å²) in [5, 5.41) is 20.1. The van der Waals surface area contributed by atoms with E-state index in [0.29, 0.717) is 22.3 Å². The number of pyridine rings is 1. The number of nitrogens with zero attached hydrogens (tertiary/aromatic N) is 3. The first kappa shape index (κ1) is 20.4. The summed E-state index contributed by atoms with van der Waals surface area (Å²) in [6, 6.07) is 12.5. The standard InChI is InChI=1S/C22H19FN4O4/c1-22(2,29)14-6-5-13(17(23)10-14)12-25-20(28)16-4-3-9-24-21(16)30-15-7-8-18-19(11-15)27-31-26-18/h3-11,29H,12H2,1-2H3,(H,25,28). The number of amides is 1. The zero-order valence-electron chi connectivity index (χ0n) is 16.8. The van der Waals surface area contributed by atoms with Crippen molar-refractivity contribution < 1.29 is 23.7 Å². The van der Waals surface area contributed by atoms with Crippen molar-refractivity contribution in [2.75, 3.05) is 0 Å². The molecule has 4 aromatic rings. The Morgan fingerprint density at radius 2 is 1.97 bits per heavy atom. The van der Waals surface area contributed by atoms with Crippen molar-refractivity contribution in [1.82, 2.24) is 20.6 Å². The SMILES string of the molecule is CC(C)(O)c1ccc(CNC(=O)c2cccnc2Oc2ccc3nonc3c2)c(F)c1. The van der Waals surface area contributed by atoms with Gasteiger partial charge in [0.15, 0.2) is 0 Å². The zero-order valence-corrected chi connectivity index (χ0v) is 16.8. The molecule has 0 saturated carbocycles. The van der Waals surface area contributed by atoms with Gasteiger partial charge in [-0.2, -0.15) is 0 Å². The summed E-state index contributed by atoms with van der Waals surface area (Å²) < 4.78 is 24.8. The Hall–Kier alpha value is -3.85. The van der Waals surface area contributed by atoms with Crippen LogP contribution in [0, 0.1) is 5.82 Å². The second-order valence-electron chi connectivity index (χ2n) is 7.42. The van der Waals surface area contributed by atoms with Gasteiger partial charge in [-0.3, -0.25) is 4.79 Å². The van der Waals surface area contributed by atoms with Gasteiger partial charge in [0, 0.05) is 24.4 Å². The molecule has 2 heterocycles. The van der Waals surface area contributed by atoms with Gasteiger partial charge in [0.2, 0.25) is 5.88 Å². The van der Waals surface area contributed by atoms with E-state index in [2.05, 4.69) is 25.2 Å². The van der Waals surface area contributed by atoms with E-state index in [-0.39, 0.29) is 23.6 Å². The van der Waals surface area contributed by atoms with Crippen LogP contribution in [-0.4, -0.2) is 26.3 Å². The highest BCUT2D eigenvalue weighted by Gasteiger charge is 2.19. The van der Waals surface area contributed by atoms with Gasteiger partial charge in [-0.05, 0) is 60.1 Å². The number of benzene rings is 2. The van der Waals surface area contributed by atoms with Gasteiger partial charge in [-0.1, -0.05) is 12.1 Å². The largest absolute Gasteiger partial charge is 0.438 e. The highest BCUT2D eigenvalue weighted by Crippen LogP contribution is 2.26. The lowest BCUT2D eigenvalue weighted by Crippen LogP contribution is -2.24. The number of fused-ring (bicyclic) bond motifs is 1. The summed E-state index contributed by atoms with van der Waals surface area (Å²) >= 11 is 0. The average molecular weight is 422 g/mol. The van der Waals surface area contributed by atoms with Crippen molar-refractivity contribution >= 4 is 16.9 Å².